The SMILES string of the molecule is Cc1cnc(NC(C=NC2CC(C)(C)OC(C)(C)C2)=CN)nc1-c1ccc(C(=O)O)cc1. The summed E-state index contributed by atoms with van der Waals surface area (Å²) in [6.45, 7) is 10.2. The summed E-state index contributed by atoms with van der Waals surface area (Å²) >= 11 is 0. The van der Waals surface area contributed by atoms with Crippen LogP contribution in [0, 0.1) is 6.92 Å². The van der Waals surface area contributed by atoms with E-state index < -0.39 is 5.97 Å². The maximum Gasteiger partial charge on any atom is 0.335 e. The van der Waals surface area contributed by atoms with E-state index in [1.165, 1.54) is 6.20 Å². The van der Waals surface area contributed by atoms with E-state index >= 15 is 0 Å². The van der Waals surface area contributed by atoms with E-state index in [1.54, 1.807) is 36.7 Å². The Hall–Kier alpha value is -3.26. The molecule has 32 heavy (non-hydrogen) atoms. The van der Waals surface area contributed by atoms with Crippen LogP contribution in [0.25, 0.3) is 11.3 Å². The Labute approximate surface area is 188 Å². The topological polar surface area (TPSA) is 123 Å². The van der Waals surface area contributed by atoms with E-state index in [9.17, 15) is 4.79 Å². The van der Waals surface area contributed by atoms with Crippen LogP contribution in [0.15, 0.2) is 47.4 Å². The molecule has 1 aliphatic heterocycles. The molecule has 0 aliphatic carbocycles. The van der Waals surface area contributed by atoms with Crippen LogP contribution in [-0.2, 0) is 4.74 Å². The first-order valence-electron chi connectivity index (χ1n) is 10.6. The van der Waals surface area contributed by atoms with Gasteiger partial charge in [-0.1, -0.05) is 12.1 Å². The first kappa shape index (κ1) is 23.4. The molecule has 1 fully saturated rings. The van der Waals surface area contributed by atoms with Gasteiger partial charge in [0.05, 0.1) is 34.2 Å². The lowest BCUT2D eigenvalue weighted by Gasteiger charge is -2.44. The van der Waals surface area contributed by atoms with Crippen LogP contribution in [0.4, 0.5) is 5.95 Å². The van der Waals surface area contributed by atoms with E-state index in [-0.39, 0.29) is 22.8 Å². The standard InChI is InChI=1S/C24H31N5O3/c1-15-13-27-22(29-20(15)16-6-8-17(9-7-16)21(30)31)28-19(12-25)14-26-18-10-23(2,3)32-24(4,5)11-18/h6-9,12-14,18H,10-11,25H2,1-5H3,(H,30,31)(H,27,28,29). The minimum atomic E-state index is -0.966. The summed E-state index contributed by atoms with van der Waals surface area (Å²) in [6.07, 6.45) is 6.51. The Morgan fingerprint density at radius 3 is 2.41 bits per heavy atom. The summed E-state index contributed by atoms with van der Waals surface area (Å²) < 4.78 is 6.13. The van der Waals surface area contributed by atoms with Gasteiger partial charge in [-0.25, -0.2) is 14.8 Å². The summed E-state index contributed by atoms with van der Waals surface area (Å²) in [6, 6.07) is 6.70. The van der Waals surface area contributed by atoms with Gasteiger partial charge in [0.15, 0.2) is 0 Å². The number of benzene rings is 1. The third-order valence-electron chi connectivity index (χ3n) is 5.24. The molecule has 0 atom stereocenters. The molecule has 3 rings (SSSR count). The number of hydrogen-bond acceptors (Lipinski definition) is 7. The van der Waals surface area contributed by atoms with Crippen molar-refractivity contribution in [3.8, 4) is 11.3 Å². The van der Waals surface area contributed by atoms with Crippen molar-refractivity contribution >= 4 is 18.1 Å². The number of aromatic nitrogens is 2. The maximum absolute atomic E-state index is 11.1. The van der Waals surface area contributed by atoms with Crippen LogP contribution in [-0.4, -0.2) is 44.5 Å². The van der Waals surface area contributed by atoms with Crippen LogP contribution in [0.1, 0.15) is 56.5 Å². The van der Waals surface area contributed by atoms with Gasteiger partial charge in [0.1, 0.15) is 0 Å². The van der Waals surface area contributed by atoms with Crippen LogP contribution in [0.2, 0.25) is 0 Å². The van der Waals surface area contributed by atoms with Crippen LogP contribution < -0.4 is 11.1 Å². The van der Waals surface area contributed by atoms with Gasteiger partial charge in [-0.2, -0.15) is 0 Å². The molecule has 0 unspecified atom stereocenters. The Bertz CT molecular complexity index is 1030. The molecular formula is C24H31N5O3. The second-order valence-corrected chi connectivity index (χ2v) is 9.32. The van der Waals surface area contributed by atoms with E-state index in [2.05, 4.69) is 43.0 Å². The molecule has 1 aromatic carbocycles. The zero-order valence-corrected chi connectivity index (χ0v) is 19.2. The number of aromatic carboxylic acids is 1. The van der Waals surface area contributed by atoms with Crippen molar-refractivity contribution < 1.29 is 14.6 Å². The number of anilines is 1. The van der Waals surface area contributed by atoms with Crippen molar-refractivity contribution in [2.75, 3.05) is 5.32 Å². The van der Waals surface area contributed by atoms with E-state index in [0.29, 0.717) is 17.3 Å². The fourth-order valence-corrected chi connectivity index (χ4v) is 4.14. The lowest BCUT2D eigenvalue weighted by molar-refractivity contribution is -0.160. The summed E-state index contributed by atoms with van der Waals surface area (Å²) in [7, 11) is 0. The zero-order valence-electron chi connectivity index (χ0n) is 19.2. The highest BCUT2D eigenvalue weighted by Gasteiger charge is 2.38. The van der Waals surface area contributed by atoms with Gasteiger partial charge in [-0.05, 0) is 65.2 Å². The van der Waals surface area contributed by atoms with E-state index in [0.717, 1.165) is 24.0 Å². The third kappa shape index (κ3) is 5.91. The molecule has 2 heterocycles. The number of carboxylic acid groups (broad SMARTS) is 1. The minimum Gasteiger partial charge on any atom is -0.478 e. The van der Waals surface area contributed by atoms with Crippen LogP contribution in [0.5, 0.6) is 0 Å². The van der Waals surface area contributed by atoms with Crippen LogP contribution in [0.3, 0.4) is 0 Å². The summed E-state index contributed by atoms with van der Waals surface area (Å²) in [5.74, 6) is -0.588. The highest BCUT2D eigenvalue weighted by molar-refractivity contribution is 5.88. The molecule has 0 saturated carbocycles. The summed E-state index contributed by atoms with van der Waals surface area (Å²) in [4.78, 5) is 24.8. The Balaban J connectivity index is 1.76. The second kappa shape index (κ2) is 9.08. The first-order valence-corrected chi connectivity index (χ1v) is 10.6. The van der Waals surface area contributed by atoms with Gasteiger partial charge in [0.25, 0.3) is 0 Å². The maximum atomic E-state index is 11.1. The van der Waals surface area contributed by atoms with Crippen molar-refractivity contribution in [3.05, 3.63) is 53.5 Å². The van der Waals surface area contributed by atoms with E-state index in [4.69, 9.17) is 20.6 Å². The number of hydrogen-bond donors (Lipinski definition) is 3. The molecule has 170 valence electrons. The van der Waals surface area contributed by atoms with Crippen LogP contribution >= 0.6 is 0 Å². The highest BCUT2D eigenvalue weighted by Crippen LogP contribution is 2.36. The molecule has 0 spiro atoms. The van der Waals surface area contributed by atoms with Crippen molar-refractivity contribution in [2.45, 2.75) is 64.7 Å². The largest absolute Gasteiger partial charge is 0.478 e. The lowest BCUT2D eigenvalue weighted by atomic mass is 9.85. The number of nitrogens with zero attached hydrogens (tertiary/aromatic N) is 3. The Morgan fingerprint density at radius 1 is 1.22 bits per heavy atom. The average molecular weight is 438 g/mol. The molecule has 1 saturated heterocycles. The van der Waals surface area contributed by atoms with Crippen molar-refractivity contribution in [1.82, 2.24) is 9.97 Å². The molecular weight excluding hydrogens is 406 g/mol. The van der Waals surface area contributed by atoms with E-state index in [1.807, 2.05) is 6.92 Å². The number of ether oxygens (including phenoxy) is 1. The number of carboxylic acids is 1. The van der Waals surface area contributed by atoms with Crippen molar-refractivity contribution in [3.63, 3.8) is 0 Å². The number of rotatable bonds is 6. The number of allylic oxidation sites excluding steroid dienone is 1. The third-order valence-corrected chi connectivity index (χ3v) is 5.24. The average Bonchev–Trinajstić information content (AvgIpc) is 2.70. The molecule has 2 aromatic rings. The van der Waals surface area contributed by atoms with Gasteiger partial charge in [-0.15, -0.1) is 0 Å². The molecule has 8 nitrogen and oxygen atoms in total. The molecule has 4 N–H and O–H groups in total. The number of aryl methyl sites for hydroxylation is 1. The van der Waals surface area contributed by atoms with Crippen molar-refractivity contribution in [2.24, 2.45) is 10.7 Å². The van der Waals surface area contributed by atoms with Gasteiger partial charge >= 0.3 is 5.97 Å². The summed E-state index contributed by atoms with van der Waals surface area (Å²) in [5.41, 5.74) is 8.53. The number of aliphatic imine (C=N–C) groups is 1. The molecule has 1 aromatic heterocycles. The molecule has 8 heteroatoms. The normalized spacial score (nSPS) is 18.6. The quantitative estimate of drug-likeness (QED) is 0.580. The fraction of sp³-hybridized carbons (Fsp3) is 0.417. The van der Waals surface area contributed by atoms with Gasteiger partial charge in [0.2, 0.25) is 5.95 Å². The molecule has 0 amide bonds. The summed E-state index contributed by atoms with van der Waals surface area (Å²) in [5, 5.41) is 12.2. The zero-order chi connectivity index (χ0) is 23.5. The number of nitrogens with one attached hydrogen (secondary N) is 1. The number of nitrogens with two attached hydrogens (primary N) is 1. The number of carbonyl (C=O) groups is 1. The minimum absolute atomic E-state index is 0.118. The fourth-order valence-electron chi connectivity index (χ4n) is 4.14. The Morgan fingerprint density at radius 2 is 1.84 bits per heavy atom. The smallest absolute Gasteiger partial charge is 0.335 e. The predicted octanol–water partition coefficient (Wildman–Crippen LogP) is 4.17. The molecule has 1 aliphatic rings. The van der Waals surface area contributed by atoms with Gasteiger partial charge < -0.3 is 20.9 Å². The van der Waals surface area contributed by atoms with Gasteiger partial charge in [-0.3, -0.25) is 4.99 Å². The monoisotopic (exact) mass is 437 g/mol. The Kier molecular flexibility index (Phi) is 6.64. The first-order chi connectivity index (χ1) is 15.0. The van der Waals surface area contributed by atoms with Crippen molar-refractivity contribution in [1.29, 1.82) is 0 Å². The molecule has 0 bridgehead atoms. The molecule has 0 radical (unpaired) electrons. The predicted molar refractivity (Wildman–Crippen MR) is 126 cm³/mol. The second-order valence-electron chi connectivity index (χ2n) is 9.32. The lowest BCUT2D eigenvalue weighted by Crippen LogP contribution is -2.46. The highest BCUT2D eigenvalue weighted by atomic mass is 16.5. The van der Waals surface area contributed by atoms with Gasteiger partial charge in [0, 0.05) is 24.2 Å².